The van der Waals surface area contributed by atoms with E-state index in [0.717, 1.165) is 12.3 Å². The van der Waals surface area contributed by atoms with Crippen molar-refractivity contribution < 1.29 is 22.1 Å². The van der Waals surface area contributed by atoms with E-state index in [4.69, 9.17) is 8.92 Å². The Morgan fingerprint density at radius 3 is 2.90 bits per heavy atom. The van der Waals surface area contributed by atoms with Gasteiger partial charge in [-0.2, -0.15) is 8.42 Å². The van der Waals surface area contributed by atoms with E-state index in [1.54, 1.807) is 0 Å². The Morgan fingerprint density at radius 1 is 1.43 bits per heavy atom. The van der Waals surface area contributed by atoms with Crippen molar-refractivity contribution in [1.82, 2.24) is 9.58 Å². The summed E-state index contributed by atoms with van der Waals surface area (Å²) in [4.78, 5) is 25.8. The van der Waals surface area contributed by atoms with Crippen LogP contribution in [0.3, 0.4) is 0 Å². The molecular weight excluding hydrogens is 302 g/mol. The first-order valence-electron chi connectivity index (χ1n) is 6.17. The zero-order valence-electron chi connectivity index (χ0n) is 11.1. The predicted molar refractivity (Wildman–Crippen MR) is 71.2 cm³/mol. The molecule has 0 radical (unpaired) electrons. The van der Waals surface area contributed by atoms with Crippen molar-refractivity contribution in [2.45, 2.75) is 6.17 Å². The molecule has 21 heavy (non-hydrogen) atoms. The Morgan fingerprint density at radius 2 is 2.19 bits per heavy atom. The van der Waals surface area contributed by atoms with Gasteiger partial charge in [0.1, 0.15) is 6.17 Å². The molecule has 1 amide bonds. The monoisotopic (exact) mass is 315 g/mol. The third-order valence-electron chi connectivity index (χ3n) is 3.17. The first kappa shape index (κ1) is 13.9. The van der Waals surface area contributed by atoms with Crippen LogP contribution in [0.2, 0.25) is 0 Å². The molecule has 0 bridgehead atoms. The summed E-state index contributed by atoms with van der Waals surface area (Å²) >= 11 is 0. The summed E-state index contributed by atoms with van der Waals surface area (Å²) in [5, 5.41) is 0. The lowest BCUT2D eigenvalue weighted by Crippen LogP contribution is -2.59. The van der Waals surface area contributed by atoms with Crippen molar-refractivity contribution in [2.75, 3.05) is 31.4 Å². The third kappa shape index (κ3) is 2.47. The SMILES string of the molecule is CS(=O)(=O)Oc1c2n(ccc1=O)N[C@@H]1COCCN1C2=O. The fourth-order valence-corrected chi connectivity index (χ4v) is 2.77. The maximum atomic E-state index is 12.5. The Bertz CT molecular complexity index is 756. The van der Waals surface area contributed by atoms with Crippen LogP contribution in [0.5, 0.6) is 5.75 Å². The van der Waals surface area contributed by atoms with Crippen molar-refractivity contribution in [2.24, 2.45) is 0 Å². The van der Waals surface area contributed by atoms with Crippen LogP contribution in [0.25, 0.3) is 0 Å². The Labute approximate surface area is 120 Å². The number of rotatable bonds is 2. The smallest absolute Gasteiger partial charge is 0.306 e. The number of pyridine rings is 1. The van der Waals surface area contributed by atoms with Crippen LogP contribution in [0.1, 0.15) is 10.5 Å². The van der Waals surface area contributed by atoms with Crippen molar-refractivity contribution in [3.63, 3.8) is 0 Å². The highest BCUT2D eigenvalue weighted by Gasteiger charge is 2.37. The molecule has 1 fully saturated rings. The number of aromatic nitrogens is 1. The Kier molecular flexibility index (Phi) is 3.14. The van der Waals surface area contributed by atoms with Gasteiger partial charge in [0.25, 0.3) is 5.91 Å². The van der Waals surface area contributed by atoms with Crippen LogP contribution in [0.4, 0.5) is 0 Å². The number of hydrogen-bond acceptors (Lipinski definition) is 7. The molecule has 2 aliphatic rings. The number of amides is 1. The van der Waals surface area contributed by atoms with E-state index in [-0.39, 0.29) is 11.9 Å². The molecule has 0 unspecified atom stereocenters. The van der Waals surface area contributed by atoms with E-state index in [1.807, 2.05) is 0 Å². The molecular formula is C11H13N3O6S. The highest BCUT2D eigenvalue weighted by Crippen LogP contribution is 2.23. The summed E-state index contributed by atoms with van der Waals surface area (Å²) in [6, 6.07) is 1.13. The highest BCUT2D eigenvalue weighted by atomic mass is 32.2. The van der Waals surface area contributed by atoms with Gasteiger partial charge in [0, 0.05) is 18.8 Å². The number of nitrogens with one attached hydrogen (secondary N) is 1. The van der Waals surface area contributed by atoms with Gasteiger partial charge in [-0.25, -0.2) is 0 Å². The van der Waals surface area contributed by atoms with Gasteiger partial charge >= 0.3 is 10.1 Å². The van der Waals surface area contributed by atoms with Crippen LogP contribution < -0.4 is 15.0 Å². The minimum absolute atomic E-state index is 0.133. The topological polar surface area (TPSA) is 107 Å². The fourth-order valence-electron chi connectivity index (χ4n) is 2.31. The van der Waals surface area contributed by atoms with Gasteiger partial charge in [-0.15, -0.1) is 0 Å². The number of carbonyl (C=O) groups excluding carboxylic acids is 1. The average molecular weight is 315 g/mol. The van der Waals surface area contributed by atoms with E-state index in [1.165, 1.54) is 15.8 Å². The van der Waals surface area contributed by atoms with Gasteiger partial charge in [-0.3, -0.25) is 14.3 Å². The normalized spacial score (nSPS) is 21.3. The zero-order valence-corrected chi connectivity index (χ0v) is 11.9. The van der Waals surface area contributed by atoms with Crippen molar-refractivity contribution >= 4 is 16.0 Å². The summed E-state index contributed by atoms with van der Waals surface area (Å²) in [5.74, 6) is -0.971. The number of ether oxygens (including phenoxy) is 1. The third-order valence-corrected chi connectivity index (χ3v) is 3.64. The van der Waals surface area contributed by atoms with Crippen LogP contribution in [-0.4, -0.2) is 56.1 Å². The molecule has 3 heterocycles. The molecule has 1 N–H and O–H groups in total. The van der Waals surface area contributed by atoms with Gasteiger partial charge < -0.3 is 19.2 Å². The van der Waals surface area contributed by atoms with Crippen molar-refractivity contribution in [3.05, 3.63) is 28.2 Å². The largest absolute Gasteiger partial charge is 0.376 e. The predicted octanol–water partition coefficient (Wildman–Crippen LogP) is -1.46. The first-order valence-corrected chi connectivity index (χ1v) is 7.99. The molecule has 0 saturated carbocycles. The van der Waals surface area contributed by atoms with Gasteiger partial charge in [-0.1, -0.05) is 0 Å². The zero-order chi connectivity index (χ0) is 15.2. The quantitative estimate of drug-likeness (QED) is 0.665. The summed E-state index contributed by atoms with van der Waals surface area (Å²) in [6.07, 6.45) is 1.80. The molecule has 9 nitrogen and oxygen atoms in total. The van der Waals surface area contributed by atoms with Gasteiger partial charge in [0.2, 0.25) is 11.2 Å². The van der Waals surface area contributed by atoms with Gasteiger partial charge in [0.15, 0.2) is 5.69 Å². The van der Waals surface area contributed by atoms with Crippen LogP contribution in [0.15, 0.2) is 17.1 Å². The van der Waals surface area contributed by atoms with E-state index in [9.17, 15) is 18.0 Å². The molecule has 10 heteroatoms. The van der Waals surface area contributed by atoms with Crippen LogP contribution >= 0.6 is 0 Å². The summed E-state index contributed by atoms with van der Waals surface area (Å²) < 4.78 is 33.9. The second-order valence-corrected chi connectivity index (χ2v) is 6.31. The number of morpholine rings is 1. The summed E-state index contributed by atoms with van der Waals surface area (Å²) in [7, 11) is -3.92. The molecule has 114 valence electrons. The molecule has 1 atom stereocenters. The number of carbonyl (C=O) groups is 1. The molecule has 1 saturated heterocycles. The molecule has 0 spiro atoms. The minimum Gasteiger partial charge on any atom is -0.376 e. The van der Waals surface area contributed by atoms with Gasteiger partial charge in [-0.05, 0) is 0 Å². The fraction of sp³-hybridized carbons (Fsp3) is 0.455. The standard InChI is InChI=1S/C11H13N3O6S/c1-21(17,18)20-10-7(15)2-3-14-9(10)11(16)13-4-5-19-6-8(13)12-14/h2-3,8,12H,4-6H2,1H3/t8-/m0/s1. The molecule has 0 aromatic carbocycles. The molecule has 2 aliphatic heterocycles. The maximum absolute atomic E-state index is 12.5. The van der Waals surface area contributed by atoms with E-state index in [0.29, 0.717) is 19.8 Å². The molecule has 1 aromatic rings. The lowest BCUT2D eigenvalue weighted by molar-refractivity contribution is -0.00302. The van der Waals surface area contributed by atoms with E-state index < -0.39 is 27.2 Å². The maximum Gasteiger partial charge on any atom is 0.306 e. The Hall–Kier alpha value is -2.07. The number of fused-ring (bicyclic) bond motifs is 2. The molecule has 3 rings (SSSR count). The average Bonchev–Trinajstić information content (AvgIpc) is 2.41. The molecule has 1 aromatic heterocycles. The second-order valence-electron chi connectivity index (χ2n) is 4.73. The summed E-state index contributed by atoms with van der Waals surface area (Å²) in [6.45, 7) is 1.03. The van der Waals surface area contributed by atoms with Crippen LogP contribution in [0, 0.1) is 0 Å². The lowest BCUT2D eigenvalue weighted by Gasteiger charge is -2.41. The molecule has 0 aliphatic carbocycles. The van der Waals surface area contributed by atoms with Crippen molar-refractivity contribution in [1.29, 1.82) is 0 Å². The first-order chi connectivity index (χ1) is 9.87. The lowest BCUT2D eigenvalue weighted by atomic mass is 10.2. The summed E-state index contributed by atoms with van der Waals surface area (Å²) in [5.41, 5.74) is 2.16. The minimum atomic E-state index is -3.92. The highest BCUT2D eigenvalue weighted by molar-refractivity contribution is 7.86. The second kappa shape index (κ2) is 4.74. The number of hydrogen-bond donors (Lipinski definition) is 1. The van der Waals surface area contributed by atoms with Crippen molar-refractivity contribution in [3.8, 4) is 5.75 Å². The van der Waals surface area contributed by atoms with Gasteiger partial charge in [0.05, 0.1) is 19.5 Å². The van der Waals surface area contributed by atoms with E-state index >= 15 is 0 Å². The number of nitrogens with zero attached hydrogens (tertiary/aromatic N) is 2. The van der Waals surface area contributed by atoms with E-state index in [2.05, 4.69) is 5.43 Å². The Balaban J connectivity index is 2.13. The van der Waals surface area contributed by atoms with Crippen LogP contribution in [-0.2, 0) is 14.9 Å².